The Hall–Kier alpha value is -3.87. The number of benzene rings is 2. The molecule has 0 spiro atoms. The number of methoxy groups -OCH3 is 1. The molecule has 2 aromatic carbocycles. The maximum absolute atomic E-state index is 10.9. The summed E-state index contributed by atoms with van der Waals surface area (Å²) in [4.78, 5) is 19.5. The molecule has 0 saturated carbocycles. The number of carbonyl (C=O) groups is 1. The second-order valence-corrected chi connectivity index (χ2v) is 6.34. The molecular formula is C21H18N4O3. The lowest BCUT2D eigenvalue weighted by molar-refractivity contribution is -0.136. The molecule has 0 bridgehead atoms. The molecule has 4 rings (SSSR count). The summed E-state index contributed by atoms with van der Waals surface area (Å²) in [5, 5.41) is 9.71. The van der Waals surface area contributed by atoms with Crippen LogP contribution in [0.2, 0.25) is 0 Å². The van der Waals surface area contributed by atoms with E-state index in [4.69, 9.17) is 15.6 Å². The molecule has 0 atom stereocenters. The Morgan fingerprint density at radius 2 is 1.96 bits per heavy atom. The number of rotatable bonds is 5. The fourth-order valence-corrected chi connectivity index (χ4v) is 3.24. The fourth-order valence-electron chi connectivity index (χ4n) is 3.24. The maximum atomic E-state index is 10.9. The van der Waals surface area contributed by atoms with E-state index in [1.54, 1.807) is 19.2 Å². The van der Waals surface area contributed by atoms with Crippen molar-refractivity contribution in [2.75, 3.05) is 12.8 Å². The van der Waals surface area contributed by atoms with Gasteiger partial charge in [0.15, 0.2) is 5.65 Å². The molecule has 2 aromatic heterocycles. The molecule has 0 fully saturated rings. The minimum Gasteiger partial charge on any atom is -0.497 e. The van der Waals surface area contributed by atoms with Gasteiger partial charge in [0, 0.05) is 17.4 Å². The fraction of sp³-hybridized carbons (Fsp3) is 0.0952. The zero-order valence-corrected chi connectivity index (χ0v) is 15.2. The molecule has 0 saturated heterocycles. The highest BCUT2D eigenvalue weighted by Gasteiger charge is 2.16. The Bertz CT molecular complexity index is 1170. The van der Waals surface area contributed by atoms with Crippen LogP contribution in [0.15, 0.2) is 61.1 Å². The smallest absolute Gasteiger partial charge is 0.307 e. The van der Waals surface area contributed by atoms with E-state index in [1.165, 1.54) is 6.33 Å². The lowest BCUT2D eigenvalue weighted by Gasteiger charge is -2.06. The van der Waals surface area contributed by atoms with Crippen LogP contribution < -0.4 is 10.5 Å². The van der Waals surface area contributed by atoms with Gasteiger partial charge in [-0.15, -0.1) is 0 Å². The van der Waals surface area contributed by atoms with E-state index in [-0.39, 0.29) is 6.42 Å². The summed E-state index contributed by atoms with van der Waals surface area (Å²) in [5.41, 5.74) is 10.3. The first kappa shape index (κ1) is 17.5. The van der Waals surface area contributed by atoms with E-state index in [0.717, 1.165) is 33.5 Å². The number of carboxylic acid groups (broad SMARTS) is 1. The number of carboxylic acids is 1. The van der Waals surface area contributed by atoms with Crippen molar-refractivity contribution in [3.8, 4) is 22.6 Å². The molecule has 7 nitrogen and oxygen atoms in total. The highest BCUT2D eigenvalue weighted by Crippen LogP contribution is 2.35. The lowest BCUT2D eigenvalue weighted by atomic mass is 10.1. The largest absolute Gasteiger partial charge is 0.497 e. The van der Waals surface area contributed by atoms with Crippen molar-refractivity contribution in [3.63, 3.8) is 0 Å². The van der Waals surface area contributed by atoms with Crippen LogP contribution in [-0.2, 0) is 11.2 Å². The normalized spacial score (nSPS) is 10.9. The molecule has 0 unspecified atom stereocenters. The Morgan fingerprint density at radius 1 is 1.18 bits per heavy atom. The molecule has 3 N–H and O–H groups in total. The standard InChI is InChI=1S/C21H18N4O3/c1-28-16-4-2-3-14(10-16)17-11-25(21-19(17)20(22)23-12-24-21)15-7-5-13(6-8-15)9-18(26)27/h2-8,10-12H,9H2,1H3,(H,26,27)(H2,22,23,24). The summed E-state index contributed by atoms with van der Waals surface area (Å²) in [6.45, 7) is 0. The topological polar surface area (TPSA) is 103 Å². The van der Waals surface area contributed by atoms with Gasteiger partial charge in [-0.25, -0.2) is 9.97 Å². The van der Waals surface area contributed by atoms with Gasteiger partial charge in [0.1, 0.15) is 17.9 Å². The molecule has 0 aliphatic carbocycles. The number of ether oxygens (including phenoxy) is 1. The highest BCUT2D eigenvalue weighted by molar-refractivity contribution is 6.01. The number of aliphatic carboxylic acids is 1. The van der Waals surface area contributed by atoms with E-state index >= 15 is 0 Å². The van der Waals surface area contributed by atoms with Crippen LogP contribution in [0.25, 0.3) is 27.8 Å². The number of nitrogen functional groups attached to an aromatic ring is 1. The lowest BCUT2D eigenvalue weighted by Crippen LogP contribution is -2.01. The van der Waals surface area contributed by atoms with E-state index < -0.39 is 5.97 Å². The van der Waals surface area contributed by atoms with E-state index in [0.29, 0.717) is 11.5 Å². The second-order valence-electron chi connectivity index (χ2n) is 6.34. The van der Waals surface area contributed by atoms with Gasteiger partial charge in [-0.1, -0.05) is 24.3 Å². The Kier molecular flexibility index (Phi) is 4.41. The molecular weight excluding hydrogens is 356 g/mol. The van der Waals surface area contributed by atoms with Crippen LogP contribution in [-0.4, -0.2) is 32.7 Å². The summed E-state index contributed by atoms with van der Waals surface area (Å²) in [6, 6.07) is 15.0. The average molecular weight is 374 g/mol. The number of aromatic nitrogens is 3. The number of nitrogens with two attached hydrogens (primary N) is 1. The third kappa shape index (κ3) is 3.14. The van der Waals surface area contributed by atoms with Crippen LogP contribution in [0.5, 0.6) is 5.75 Å². The van der Waals surface area contributed by atoms with Crippen LogP contribution >= 0.6 is 0 Å². The predicted octanol–water partition coefficient (Wildman–Crippen LogP) is 3.31. The monoisotopic (exact) mass is 374 g/mol. The van der Waals surface area contributed by atoms with Crippen molar-refractivity contribution in [1.29, 1.82) is 0 Å². The van der Waals surface area contributed by atoms with E-state index in [2.05, 4.69) is 9.97 Å². The van der Waals surface area contributed by atoms with Gasteiger partial charge < -0.3 is 20.1 Å². The Balaban J connectivity index is 1.88. The molecule has 4 aromatic rings. The first-order valence-electron chi connectivity index (χ1n) is 8.64. The van der Waals surface area contributed by atoms with Crippen molar-refractivity contribution >= 4 is 22.8 Å². The van der Waals surface area contributed by atoms with Gasteiger partial charge in [-0.3, -0.25) is 4.79 Å². The third-order valence-electron chi connectivity index (χ3n) is 4.56. The first-order valence-corrected chi connectivity index (χ1v) is 8.64. The minimum atomic E-state index is -0.861. The van der Waals surface area contributed by atoms with Crippen molar-refractivity contribution in [2.24, 2.45) is 0 Å². The summed E-state index contributed by atoms with van der Waals surface area (Å²) in [6.07, 6.45) is 3.37. The Morgan fingerprint density at radius 3 is 2.68 bits per heavy atom. The number of anilines is 1. The molecule has 0 radical (unpaired) electrons. The molecule has 7 heteroatoms. The van der Waals surface area contributed by atoms with Crippen LogP contribution in [0.1, 0.15) is 5.56 Å². The SMILES string of the molecule is COc1cccc(-c2cn(-c3ccc(CC(=O)O)cc3)c3ncnc(N)c23)c1. The maximum Gasteiger partial charge on any atom is 0.307 e. The molecule has 0 aliphatic rings. The number of hydrogen-bond donors (Lipinski definition) is 2. The molecule has 0 amide bonds. The van der Waals surface area contributed by atoms with Crippen molar-refractivity contribution < 1.29 is 14.6 Å². The van der Waals surface area contributed by atoms with Crippen LogP contribution in [0, 0.1) is 0 Å². The van der Waals surface area contributed by atoms with Crippen molar-refractivity contribution in [2.45, 2.75) is 6.42 Å². The summed E-state index contributed by atoms with van der Waals surface area (Å²) in [7, 11) is 1.62. The van der Waals surface area contributed by atoms with Crippen LogP contribution in [0.3, 0.4) is 0 Å². The summed E-state index contributed by atoms with van der Waals surface area (Å²) >= 11 is 0. The predicted molar refractivity (Wildman–Crippen MR) is 107 cm³/mol. The van der Waals surface area contributed by atoms with Crippen LogP contribution in [0.4, 0.5) is 5.82 Å². The van der Waals surface area contributed by atoms with Crippen molar-refractivity contribution in [1.82, 2.24) is 14.5 Å². The van der Waals surface area contributed by atoms with E-state index in [1.807, 2.05) is 47.2 Å². The van der Waals surface area contributed by atoms with Gasteiger partial charge in [0.25, 0.3) is 0 Å². The molecule has 2 heterocycles. The molecule has 28 heavy (non-hydrogen) atoms. The summed E-state index contributed by atoms with van der Waals surface area (Å²) < 4.78 is 7.26. The zero-order valence-electron chi connectivity index (χ0n) is 15.2. The van der Waals surface area contributed by atoms with Gasteiger partial charge in [-0.2, -0.15) is 0 Å². The van der Waals surface area contributed by atoms with Gasteiger partial charge in [0.05, 0.1) is 18.9 Å². The second kappa shape index (κ2) is 7.03. The third-order valence-corrected chi connectivity index (χ3v) is 4.56. The number of hydrogen-bond acceptors (Lipinski definition) is 5. The number of fused-ring (bicyclic) bond motifs is 1. The van der Waals surface area contributed by atoms with Gasteiger partial charge in [-0.05, 0) is 35.4 Å². The molecule has 0 aliphatic heterocycles. The summed E-state index contributed by atoms with van der Waals surface area (Å²) in [5.74, 6) is 0.274. The van der Waals surface area contributed by atoms with E-state index in [9.17, 15) is 4.79 Å². The molecule has 140 valence electrons. The highest BCUT2D eigenvalue weighted by atomic mass is 16.5. The van der Waals surface area contributed by atoms with Gasteiger partial charge >= 0.3 is 5.97 Å². The van der Waals surface area contributed by atoms with Crippen molar-refractivity contribution in [3.05, 3.63) is 66.6 Å². The average Bonchev–Trinajstić information content (AvgIpc) is 3.09. The quantitative estimate of drug-likeness (QED) is 0.555. The number of nitrogens with zero attached hydrogens (tertiary/aromatic N) is 3. The van der Waals surface area contributed by atoms with Gasteiger partial charge in [0.2, 0.25) is 0 Å². The first-order chi connectivity index (χ1) is 13.6. The Labute approximate surface area is 161 Å². The minimum absolute atomic E-state index is 0.0170. The zero-order chi connectivity index (χ0) is 19.7.